The van der Waals surface area contributed by atoms with E-state index in [9.17, 15) is 0 Å². The molecule has 1 N–H and O–H groups in total. The summed E-state index contributed by atoms with van der Waals surface area (Å²) < 4.78 is 0. The van der Waals surface area contributed by atoms with E-state index in [4.69, 9.17) is 0 Å². The van der Waals surface area contributed by atoms with Gasteiger partial charge in [-0.1, -0.05) is 26.7 Å². The van der Waals surface area contributed by atoms with Crippen molar-refractivity contribution in [3.63, 3.8) is 0 Å². The van der Waals surface area contributed by atoms with Crippen LogP contribution in [-0.2, 0) is 6.42 Å². The molecule has 1 aliphatic rings. The van der Waals surface area contributed by atoms with E-state index in [0.717, 1.165) is 19.5 Å². The molecule has 130 valence electrons. The largest absolute Gasteiger partial charge is 0.304 e. The minimum absolute atomic E-state index is 0.367. The van der Waals surface area contributed by atoms with Crippen molar-refractivity contribution in [1.29, 1.82) is 0 Å². The van der Waals surface area contributed by atoms with Gasteiger partial charge in [-0.15, -0.1) is 0 Å². The Morgan fingerprint density at radius 2 is 2.00 bits per heavy atom. The van der Waals surface area contributed by atoms with Crippen molar-refractivity contribution in [2.75, 3.05) is 39.8 Å². The summed E-state index contributed by atoms with van der Waals surface area (Å²) in [5.41, 5.74) is 2.60. The van der Waals surface area contributed by atoms with Gasteiger partial charge in [0.05, 0.1) is 6.17 Å². The monoisotopic (exact) mass is 318 g/mol. The molecule has 4 heteroatoms. The van der Waals surface area contributed by atoms with Gasteiger partial charge in [0.15, 0.2) is 0 Å². The van der Waals surface area contributed by atoms with Gasteiger partial charge in [0.1, 0.15) is 0 Å². The number of hydrogen-bond acceptors (Lipinski definition) is 4. The first-order chi connectivity index (χ1) is 11.2. The summed E-state index contributed by atoms with van der Waals surface area (Å²) in [4.78, 5) is 9.43. The number of rotatable bonds is 10. The summed E-state index contributed by atoms with van der Waals surface area (Å²) >= 11 is 0. The second kappa shape index (κ2) is 10.0. The average molecular weight is 319 g/mol. The Morgan fingerprint density at radius 3 is 2.70 bits per heavy atom. The third-order valence-corrected chi connectivity index (χ3v) is 4.95. The van der Waals surface area contributed by atoms with Crippen LogP contribution in [0.5, 0.6) is 0 Å². The number of hydrogen-bond donors (Lipinski definition) is 1. The number of likely N-dealkylation sites (N-methyl/N-ethyl adjacent to an activating group) is 1. The molecule has 0 bridgehead atoms. The van der Waals surface area contributed by atoms with E-state index in [2.05, 4.69) is 53.1 Å². The first-order valence-electron chi connectivity index (χ1n) is 9.35. The van der Waals surface area contributed by atoms with E-state index < -0.39 is 0 Å². The number of pyridine rings is 1. The topological polar surface area (TPSA) is 31.4 Å². The summed E-state index contributed by atoms with van der Waals surface area (Å²) in [5, 5.41) is 3.55. The van der Waals surface area contributed by atoms with Gasteiger partial charge < -0.3 is 4.90 Å². The third kappa shape index (κ3) is 5.87. The maximum Gasteiger partial charge on any atom is 0.0860 e. The summed E-state index contributed by atoms with van der Waals surface area (Å²) in [5.74, 6) is 0. The van der Waals surface area contributed by atoms with Crippen LogP contribution < -0.4 is 5.32 Å². The number of nitrogens with one attached hydrogen (secondary N) is 1. The van der Waals surface area contributed by atoms with Gasteiger partial charge in [0, 0.05) is 25.0 Å². The van der Waals surface area contributed by atoms with Crippen LogP contribution in [0, 0.1) is 0 Å². The summed E-state index contributed by atoms with van der Waals surface area (Å²) in [6.07, 6.45) is 8.67. The Morgan fingerprint density at radius 1 is 1.22 bits per heavy atom. The predicted octanol–water partition coefficient (Wildman–Crippen LogP) is 3.06. The van der Waals surface area contributed by atoms with Crippen molar-refractivity contribution in [2.24, 2.45) is 0 Å². The smallest absolute Gasteiger partial charge is 0.0860 e. The van der Waals surface area contributed by atoms with E-state index in [1.165, 1.54) is 56.6 Å². The van der Waals surface area contributed by atoms with Crippen molar-refractivity contribution in [1.82, 2.24) is 20.1 Å². The SMILES string of the molecule is CCN(CC)CCCCCCc1cc(C2NCCN2C)ccn1. The highest BCUT2D eigenvalue weighted by Crippen LogP contribution is 2.20. The molecule has 1 aromatic rings. The van der Waals surface area contributed by atoms with Crippen molar-refractivity contribution in [3.8, 4) is 0 Å². The standard InChI is InChI=1S/C19H34N4/c1-4-23(5-2)14-9-7-6-8-10-18-16-17(11-12-20-18)19-21-13-15-22(19)3/h11-12,16,19,21H,4-10,13-15H2,1-3H3. The quantitative estimate of drug-likeness (QED) is 0.672. The van der Waals surface area contributed by atoms with Gasteiger partial charge in [-0.05, 0) is 63.6 Å². The molecule has 1 aromatic heterocycles. The summed E-state index contributed by atoms with van der Waals surface area (Å²) in [6.45, 7) is 10.3. The van der Waals surface area contributed by atoms with Crippen LogP contribution in [0.4, 0.5) is 0 Å². The Kier molecular flexibility index (Phi) is 8.00. The Hall–Kier alpha value is -0.970. The normalized spacial score (nSPS) is 18.9. The zero-order chi connectivity index (χ0) is 16.5. The molecule has 2 rings (SSSR count). The van der Waals surface area contributed by atoms with Crippen molar-refractivity contribution in [2.45, 2.75) is 52.1 Å². The van der Waals surface area contributed by atoms with E-state index in [-0.39, 0.29) is 0 Å². The highest BCUT2D eigenvalue weighted by molar-refractivity contribution is 5.20. The van der Waals surface area contributed by atoms with Gasteiger partial charge in [0.25, 0.3) is 0 Å². The number of aryl methyl sites for hydroxylation is 1. The number of unbranched alkanes of at least 4 members (excludes halogenated alkanes) is 3. The maximum atomic E-state index is 4.55. The molecule has 0 amide bonds. The zero-order valence-electron chi connectivity index (χ0n) is 15.2. The summed E-state index contributed by atoms with van der Waals surface area (Å²) in [6, 6.07) is 4.43. The van der Waals surface area contributed by atoms with Gasteiger partial charge in [-0.25, -0.2) is 0 Å². The van der Waals surface area contributed by atoms with Crippen molar-refractivity contribution >= 4 is 0 Å². The lowest BCUT2D eigenvalue weighted by Crippen LogP contribution is -2.24. The zero-order valence-corrected chi connectivity index (χ0v) is 15.2. The lowest BCUT2D eigenvalue weighted by Gasteiger charge is -2.20. The van der Waals surface area contributed by atoms with Gasteiger partial charge in [-0.2, -0.15) is 0 Å². The lowest BCUT2D eigenvalue weighted by atomic mass is 10.1. The molecule has 1 fully saturated rings. The Bertz CT molecular complexity index is 445. The van der Waals surface area contributed by atoms with E-state index in [0.29, 0.717) is 6.17 Å². The van der Waals surface area contributed by atoms with Crippen LogP contribution in [0.15, 0.2) is 18.3 Å². The lowest BCUT2D eigenvalue weighted by molar-refractivity contribution is 0.295. The van der Waals surface area contributed by atoms with Crippen molar-refractivity contribution in [3.05, 3.63) is 29.6 Å². The second-order valence-corrected chi connectivity index (χ2v) is 6.61. The molecule has 1 unspecified atom stereocenters. The minimum atomic E-state index is 0.367. The molecule has 1 aliphatic heterocycles. The Balaban J connectivity index is 1.68. The highest BCUT2D eigenvalue weighted by Gasteiger charge is 2.21. The fraction of sp³-hybridized carbons (Fsp3) is 0.737. The van der Waals surface area contributed by atoms with Crippen LogP contribution >= 0.6 is 0 Å². The molecule has 0 spiro atoms. The molecule has 0 saturated carbocycles. The minimum Gasteiger partial charge on any atom is -0.304 e. The molecule has 2 heterocycles. The van der Waals surface area contributed by atoms with Crippen LogP contribution in [0.1, 0.15) is 57.0 Å². The fourth-order valence-electron chi connectivity index (χ4n) is 3.37. The number of nitrogens with zero attached hydrogens (tertiary/aromatic N) is 3. The highest BCUT2D eigenvalue weighted by atomic mass is 15.3. The van der Waals surface area contributed by atoms with Gasteiger partial charge in [0.2, 0.25) is 0 Å². The van der Waals surface area contributed by atoms with E-state index in [1.54, 1.807) is 0 Å². The first kappa shape index (κ1) is 18.4. The molecule has 1 atom stereocenters. The molecule has 4 nitrogen and oxygen atoms in total. The molecule has 1 saturated heterocycles. The third-order valence-electron chi connectivity index (χ3n) is 4.95. The molecule has 0 aromatic carbocycles. The first-order valence-corrected chi connectivity index (χ1v) is 9.35. The molecule has 0 radical (unpaired) electrons. The molecule has 23 heavy (non-hydrogen) atoms. The van der Waals surface area contributed by atoms with E-state index in [1.807, 2.05) is 6.20 Å². The molecule has 0 aliphatic carbocycles. The number of aromatic nitrogens is 1. The van der Waals surface area contributed by atoms with Crippen LogP contribution in [0.3, 0.4) is 0 Å². The predicted molar refractivity (Wildman–Crippen MR) is 97.6 cm³/mol. The van der Waals surface area contributed by atoms with Crippen LogP contribution in [0.25, 0.3) is 0 Å². The van der Waals surface area contributed by atoms with Gasteiger partial charge in [-0.3, -0.25) is 15.2 Å². The molecular weight excluding hydrogens is 284 g/mol. The molecular formula is C19H34N4. The second-order valence-electron chi connectivity index (χ2n) is 6.61. The van der Waals surface area contributed by atoms with E-state index >= 15 is 0 Å². The summed E-state index contributed by atoms with van der Waals surface area (Å²) in [7, 11) is 2.18. The average Bonchev–Trinajstić information content (AvgIpc) is 3.01. The fourth-order valence-corrected chi connectivity index (χ4v) is 3.37. The maximum absolute atomic E-state index is 4.55. The van der Waals surface area contributed by atoms with Crippen LogP contribution in [0.2, 0.25) is 0 Å². The van der Waals surface area contributed by atoms with Crippen molar-refractivity contribution < 1.29 is 0 Å². The Labute approximate surface area is 142 Å². The van der Waals surface area contributed by atoms with Gasteiger partial charge >= 0.3 is 0 Å². The van der Waals surface area contributed by atoms with Crippen LogP contribution in [-0.4, -0.2) is 54.6 Å².